The number of hydrogen-bond donors (Lipinski definition) is 2. The first-order valence-corrected chi connectivity index (χ1v) is 7.54. The third-order valence-corrected chi connectivity index (χ3v) is 4.87. The third-order valence-electron chi connectivity index (χ3n) is 4.87. The Balaban J connectivity index is 1.34. The van der Waals surface area contributed by atoms with Crippen molar-refractivity contribution >= 4 is 0 Å². The van der Waals surface area contributed by atoms with Gasteiger partial charge in [0, 0.05) is 31.2 Å². The van der Waals surface area contributed by atoms with Crippen molar-refractivity contribution < 1.29 is 0 Å². The van der Waals surface area contributed by atoms with E-state index in [-0.39, 0.29) is 0 Å². The molecule has 3 rings (SSSR count). The summed E-state index contributed by atoms with van der Waals surface area (Å²) in [6, 6.07) is 2.21. The standard InChI is InChI=1S/C14H27N3/c15-12-3-1-11(2-4-12)9-16-13-7-8-17(10-13)14-5-6-14/h11-14,16H,1-10,15H2. The van der Waals surface area contributed by atoms with Crippen LogP contribution in [0.25, 0.3) is 0 Å². The molecule has 0 aromatic carbocycles. The molecule has 2 saturated carbocycles. The van der Waals surface area contributed by atoms with Crippen LogP contribution in [0, 0.1) is 5.92 Å². The van der Waals surface area contributed by atoms with Crippen LogP contribution in [0.5, 0.6) is 0 Å². The summed E-state index contributed by atoms with van der Waals surface area (Å²) in [5, 5.41) is 3.80. The highest BCUT2D eigenvalue weighted by molar-refractivity contribution is 4.92. The van der Waals surface area contributed by atoms with E-state index in [9.17, 15) is 0 Å². The van der Waals surface area contributed by atoms with Crippen LogP contribution in [-0.4, -0.2) is 42.7 Å². The molecule has 1 unspecified atom stereocenters. The van der Waals surface area contributed by atoms with Gasteiger partial charge in [-0.25, -0.2) is 0 Å². The van der Waals surface area contributed by atoms with Crippen molar-refractivity contribution in [2.45, 2.75) is 63.1 Å². The molecule has 1 aliphatic heterocycles. The van der Waals surface area contributed by atoms with Crippen LogP contribution in [0.1, 0.15) is 44.9 Å². The highest BCUT2D eigenvalue weighted by Gasteiger charge is 2.34. The SMILES string of the molecule is NC1CCC(CNC2CCN(C3CC3)C2)CC1. The number of nitrogens with zero attached hydrogens (tertiary/aromatic N) is 1. The number of hydrogen-bond acceptors (Lipinski definition) is 3. The molecule has 3 N–H and O–H groups in total. The van der Waals surface area contributed by atoms with Crippen molar-refractivity contribution in [2.75, 3.05) is 19.6 Å². The monoisotopic (exact) mass is 237 g/mol. The Morgan fingerprint density at radius 2 is 1.76 bits per heavy atom. The summed E-state index contributed by atoms with van der Waals surface area (Å²) in [5.74, 6) is 0.893. The van der Waals surface area contributed by atoms with E-state index in [1.807, 2.05) is 0 Å². The largest absolute Gasteiger partial charge is 0.328 e. The van der Waals surface area contributed by atoms with Gasteiger partial charge in [-0.05, 0) is 57.4 Å². The van der Waals surface area contributed by atoms with E-state index in [1.165, 1.54) is 64.6 Å². The topological polar surface area (TPSA) is 41.3 Å². The van der Waals surface area contributed by atoms with E-state index >= 15 is 0 Å². The van der Waals surface area contributed by atoms with Crippen molar-refractivity contribution in [1.29, 1.82) is 0 Å². The van der Waals surface area contributed by atoms with Crippen molar-refractivity contribution in [3.8, 4) is 0 Å². The fourth-order valence-corrected chi connectivity index (χ4v) is 3.45. The minimum Gasteiger partial charge on any atom is -0.328 e. The molecule has 0 bridgehead atoms. The zero-order valence-electron chi connectivity index (χ0n) is 10.9. The van der Waals surface area contributed by atoms with Crippen LogP contribution in [0.4, 0.5) is 0 Å². The van der Waals surface area contributed by atoms with E-state index in [2.05, 4.69) is 10.2 Å². The summed E-state index contributed by atoms with van der Waals surface area (Å²) < 4.78 is 0. The molecule has 3 heteroatoms. The Morgan fingerprint density at radius 1 is 1.00 bits per heavy atom. The van der Waals surface area contributed by atoms with Crippen LogP contribution in [0.3, 0.4) is 0 Å². The highest BCUT2D eigenvalue weighted by atomic mass is 15.2. The van der Waals surface area contributed by atoms with Crippen LogP contribution in [0.15, 0.2) is 0 Å². The quantitative estimate of drug-likeness (QED) is 0.775. The smallest absolute Gasteiger partial charge is 0.0207 e. The van der Waals surface area contributed by atoms with Crippen molar-refractivity contribution in [2.24, 2.45) is 11.7 Å². The molecule has 98 valence electrons. The van der Waals surface area contributed by atoms with E-state index in [4.69, 9.17) is 5.73 Å². The molecule has 3 aliphatic rings. The predicted molar refractivity (Wildman–Crippen MR) is 70.9 cm³/mol. The third kappa shape index (κ3) is 3.21. The Bertz CT molecular complexity index is 244. The summed E-state index contributed by atoms with van der Waals surface area (Å²) in [6.07, 6.45) is 9.43. The molecular formula is C14H27N3. The number of nitrogens with one attached hydrogen (secondary N) is 1. The van der Waals surface area contributed by atoms with Gasteiger partial charge in [0.2, 0.25) is 0 Å². The average Bonchev–Trinajstić information content (AvgIpc) is 3.09. The second kappa shape index (κ2) is 5.25. The molecule has 1 atom stereocenters. The molecule has 17 heavy (non-hydrogen) atoms. The fraction of sp³-hybridized carbons (Fsp3) is 1.00. The number of likely N-dealkylation sites (tertiary alicyclic amines) is 1. The maximum atomic E-state index is 5.95. The first kappa shape index (κ1) is 11.9. The molecule has 0 radical (unpaired) electrons. The van der Waals surface area contributed by atoms with Gasteiger partial charge in [0.05, 0.1) is 0 Å². The van der Waals surface area contributed by atoms with Crippen LogP contribution in [-0.2, 0) is 0 Å². The predicted octanol–water partition coefficient (Wildman–Crippen LogP) is 1.33. The highest BCUT2D eigenvalue weighted by Crippen LogP contribution is 2.30. The van der Waals surface area contributed by atoms with Crippen molar-refractivity contribution in [3.05, 3.63) is 0 Å². The molecule has 0 amide bonds. The van der Waals surface area contributed by atoms with Crippen LogP contribution >= 0.6 is 0 Å². The van der Waals surface area contributed by atoms with Gasteiger partial charge < -0.3 is 11.1 Å². The van der Waals surface area contributed by atoms with Gasteiger partial charge in [0.25, 0.3) is 0 Å². The minimum atomic E-state index is 0.489. The molecule has 0 aromatic heterocycles. The molecule has 0 aromatic rings. The van der Waals surface area contributed by atoms with Crippen molar-refractivity contribution in [3.63, 3.8) is 0 Å². The number of nitrogens with two attached hydrogens (primary N) is 1. The van der Waals surface area contributed by atoms with Gasteiger partial charge in [0.1, 0.15) is 0 Å². The van der Waals surface area contributed by atoms with Crippen molar-refractivity contribution in [1.82, 2.24) is 10.2 Å². The Labute approximate surface area is 105 Å². The number of rotatable bonds is 4. The summed E-state index contributed by atoms with van der Waals surface area (Å²) in [6.45, 7) is 3.87. The summed E-state index contributed by atoms with van der Waals surface area (Å²) in [7, 11) is 0. The normalized spacial score (nSPS) is 39.7. The molecule has 2 aliphatic carbocycles. The van der Waals surface area contributed by atoms with Gasteiger partial charge in [-0.2, -0.15) is 0 Å². The second-order valence-electron chi connectivity index (χ2n) is 6.40. The van der Waals surface area contributed by atoms with E-state index in [1.54, 1.807) is 0 Å². The van der Waals surface area contributed by atoms with E-state index in [0.29, 0.717) is 6.04 Å². The Kier molecular flexibility index (Phi) is 3.69. The van der Waals surface area contributed by atoms with Gasteiger partial charge in [-0.3, -0.25) is 4.90 Å². The minimum absolute atomic E-state index is 0.489. The van der Waals surface area contributed by atoms with Gasteiger partial charge in [-0.1, -0.05) is 0 Å². The fourth-order valence-electron chi connectivity index (χ4n) is 3.45. The average molecular weight is 237 g/mol. The molecule has 1 saturated heterocycles. The lowest BCUT2D eigenvalue weighted by molar-refractivity contribution is 0.291. The summed E-state index contributed by atoms with van der Waals surface area (Å²) in [5.41, 5.74) is 5.95. The molecule has 0 spiro atoms. The first-order valence-electron chi connectivity index (χ1n) is 7.54. The van der Waals surface area contributed by atoms with Gasteiger partial charge >= 0.3 is 0 Å². The lowest BCUT2D eigenvalue weighted by Gasteiger charge is -2.27. The zero-order chi connectivity index (χ0) is 11.7. The maximum Gasteiger partial charge on any atom is 0.0207 e. The molecule has 3 nitrogen and oxygen atoms in total. The first-order chi connectivity index (χ1) is 8.31. The molecular weight excluding hydrogens is 210 g/mol. The van der Waals surface area contributed by atoms with E-state index in [0.717, 1.165) is 18.0 Å². The molecule has 1 heterocycles. The van der Waals surface area contributed by atoms with Gasteiger partial charge in [-0.15, -0.1) is 0 Å². The zero-order valence-corrected chi connectivity index (χ0v) is 10.9. The maximum absolute atomic E-state index is 5.95. The molecule has 3 fully saturated rings. The Hall–Kier alpha value is -0.120. The van der Waals surface area contributed by atoms with Crippen LogP contribution in [0.2, 0.25) is 0 Å². The van der Waals surface area contributed by atoms with Crippen LogP contribution < -0.4 is 11.1 Å². The van der Waals surface area contributed by atoms with E-state index < -0.39 is 0 Å². The summed E-state index contributed by atoms with van der Waals surface area (Å²) >= 11 is 0. The second-order valence-corrected chi connectivity index (χ2v) is 6.40. The lowest BCUT2D eigenvalue weighted by atomic mass is 9.86. The van der Waals surface area contributed by atoms with Gasteiger partial charge in [0.15, 0.2) is 0 Å². The summed E-state index contributed by atoms with van der Waals surface area (Å²) in [4.78, 5) is 2.69. The lowest BCUT2D eigenvalue weighted by Crippen LogP contribution is -2.38. The Morgan fingerprint density at radius 3 is 2.47 bits per heavy atom.